The number of likely N-dealkylation sites (tertiary alicyclic amines) is 1. The van der Waals surface area contributed by atoms with E-state index in [0.717, 1.165) is 11.6 Å². The number of carbonyl (C=O) groups excluding carboxylic acids is 1. The number of nitrogens with zero attached hydrogens (tertiary/aromatic N) is 4. The van der Waals surface area contributed by atoms with Crippen molar-refractivity contribution >= 4 is 17.0 Å². The number of carbonyl (C=O) groups is 1. The number of pyridine rings is 2. The van der Waals surface area contributed by atoms with Crippen molar-refractivity contribution in [1.29, 1.82) is 0 Å². The van der Waals surface area contributed by atoms with Gasteiger partial charge in [-0.2, -0.15) is 13.2 Å². The lowest BCUT2D eigenvalue weighted by atomic mass is 9.92. The predicted molar refractivity (Wildman–Crippen MR) is 98.4 cm³/mol. The smallest absolute Gasteiger partial charge is 0.338 e. The van der Waals surface area contributed by atoms with E-state index in [4.69, 9.17) is 4.52 Å². The number of aryl methyl sites for hydroxylation is 2. The average Bonchev–Trinajstić information content (AvgIpc) is 3.07. The number of hydrogen-bond donors (Lipinski definition) is 0. The van der Waals surface area contributed by atoms with Crippen molar-refractivity contribution in [3.8, 4) is 0 Å². The van der Waals surface area contributed by atoms with E-state index in [1.54, 1.807) is 30.3 Å². The first-order chi connectivity index (χ1) is 13.8. The van der Waals surface area contributed by atoms with Gasteiger partial charge in [-0.25, -0.2) is 4.98 Å². The fourth-order valence-electron chi connectivity index (χ4n) is 3.83. The molecular weight excluding hydrogens is 385 g/mol. The second kappa shape index (κ2) is 7.13. The molecule has 1 fully saturated rings. The summed E-state index contributed by atoms with van der Waals surface area (Å²) in [4.78, 5) is 22.9. The number of fused-ring (bicyclic) bond motifs is 1. The first-order valence-electron chi connectivity index (χ1n) is 9.29. The molecule has 9 heteroatoms. The third kappa shape index (κ3) is 3.56. The Morgan fingerprint density at radius 1 is 1.31 bits per heavy atom. The lowest BCUT2D eigenvalue weighted by Gasteiger charge is -2.33. The number of halogens is 3. The summed E-state index contributed by atoms with van der Waals surface area (Å²) in [6.45, 7) is 4.11. The van der Waals surface area contributed by atoms with Crippen LogP contribution in [0.2, 0.25) is 0 Å². The van der Waals surface area contributed by atoms with Gasteiger partial charge in [0.15, 0.2) is 0 Å². The van der Waals surface area contributed by atoms with Gasteiger partial charge in [0, 0.05) is 37.0 Å². The lowest BCUT2D eigenvalue weighted by Crippen LogP contribution is -2.39. The maximum Gasteiger partial charge on any atom is 0.417 e. The molecule has 29 heavy (non-hydrogen) atoms. The van der Waals surface area contributed by atoms with Crippen molar-refractivity contribution in [3.63, 3.8) is 0 Å². The number of alkyl halides is 3. The van der Waals surface area contributed by atoms with Crippen LogP contribution in [0.15, 0.2) is 29.0 Å². The molecule has 0 aromatic carbocycles. The van der Waals surface area contributed by atoms with E-state index in [1.165, 1.54) is 6.92 Å². The van der Waals surface area contributed by atoms with Crippen molar-refractivity contribution in [2.24, 2.45) is 0 Å². The van der Waals surface area contributed by atoms with Crippen LogP contribution in [-0.4, -0.2) is 39.0 Å². The molecule has 1 amide bonds. The Morgan fingerprint density at radius 3 is 2.83 bits per heavy atom. The summed E-state index contributed by atoms with van der Waals surface area (Å²) in [6.07, 6.45) is -0.0609. The Bertz CT molecular complexity index is 1080. The molecule has 1 unspecified atom stereocenters. The zero-order valence-electron chi connectivity index (χ0n) is 16.0. The largest absolute Gasteiger partial charge is 0.417 e. The molecular formula is C20H19F3N4O2. The average molecular weight is 404 g/mol. The Labute approximate surface area is 164 Å². The van der Waals surface area contributed by atoms with Gasteiger partial charge >= 0.3 is 6.18 Å². The highest BCUT2D eigenvalue weighted by Crippen LogP contribution is 2.38. The van der Waals surface area contributed by atoms with Crippen LogP contribution in [0.1, 0.15) is 51.6 Å². The molecule has 0 N–H and O–H groups in total. The van der Waals surface area contributed by atoms with Gasteiger partial charge in [0.1, 0.15) is 0 Å². The number of aromatic nitrogens is 3. The van der Waals surface area contributed by atoms with Crippen LogP contribution in [0, 0.1) is 13.8 Å². The van der Waals surface area contributed by atoms with Gasteiger partial charge in [0.2, 0.25) is 0 Å². The minimum atomic E-state index is -4.55. The molecule has 1 aliphatic heterocycles. The zero-order valence-corrected chi connectivity index (χ0v) is 16.0. The van der Waals surface area contributed by atoms with Gasteiger partial charge in [-0.15, -0.1) is 0 Å². The maximum atomic E-state index is 13.6. The SMILES string of the molecule is Cc1cnccc1C(=O)N1CCCC(c2cc(C(F)(F)F)c3c(C)noc3n2)C1. The lowest BCUT2D eigenvalue weighted by molar-refractivity contribution is -0.136. The zero-order chi connectivity index (χ0) is 20.8. The third-order valence-corrected chi connectivity index (χ3v) is 5.32. The summed E-state index contributed by atoms with van der Waals surface area (Å²) in [6, 6.07) is 2.73. The highest BCUT2D eigenvalue weighted by Gasteiger charge is 2.37. The summed E-state index contributed by atoms with van der Waals surface area (Å²) in [5, 5.41) is 3.53. The maximum absolute atomic E-state index is 13.6. The van der Waals surface area contributed by atoms with Gasteiger partial charge in [-0.05, 0) is 44.4 Å². The van der Waals surface area contributed by atoms with Crippen LogP contribution in [-0.2, 0) is 6.18 Å². The monoisotopic (exact) mass is 404 g/mol. The van der Waals surface area contributed by atoms with E-state index in [-0.39, 0.29) is 34.3 Å². The molecule has 6 nitrogen and oxygen atoms in total. The second-order valence-electron chi connectivity index (χ2n) is 7.32. The highest BCUT2D eigenvalue weighted by atomic mass is 19.4. The van der Waals surface area contributed by atoms with Crippen molar-refractivity contribution in [2.45, 2.75) is 38.8 Å². The molecule has 1 aliphatic rings. The number of rotatable bonds is 2. The molecule has 4 heterocycles. The van der Waals surface area contributed by atoms with Crippen molar-refractivity contribution in [3.05, 3.63) is 52.6 Å². The fourth-order valence-corrected chi connectivity index (χ4v) is 3.83. The summed E-state index contributed by atoms with van der Waals surface area (Å²) in [5.41, 5.74) is 0.803. The van der Waals surface area contributed by atoms with Gasteiger partial charge in [0.05, 0.1) is 22.3 Å². The van der Waals surface area contributed by atoms with Gasteiger partial charge in [-0.3, -0.25) is 9.78 Å². The Kier molecular flexibility index (Phi) is 4.76. The normalized spacial score (nSPS) is 17.7. The third-order valence-electron chi connectivity index (χ3n) is 5.32. The van der Waals surface area contributed by atoms with Crippen LogP contribution < -0.4 is 0 Å². The van der Waals surface area contributed by atoms with Crippen LogP contribution in [0.25, 0.3) is 11.1 Å². The Hall–Kier alpha value is -2.97. The molecule has 152 valence electrons. The predicted octanol–water partition coefficient (Wildman–Crippen LogP) is 4.27. The number of hydrogen-bond acceptors (Lipinski definition) is 5. The van der Waals surface area contributed by atoms with Crippen molar-refractivity contribution in [2.75, 3.05) is 13.1 Å². The van der Waals surface area contributed by atoms with Crippen LogP contribution >= 0.6 is 0 Å². The quantitative estimate of drug-likeness (QED) is 0.638. The minimum absolute atomic E-state index is 0.114. The summed E-state index contributed by atoms with van der Waals surface area (Å²) < 4.78 is 45.9. The van der Waals surface area contributed by atoms with E-state index in [2.05, 4.69) is 15.1 Å². The molecule has 1 atom stereocenters. The van der Waals surface area contributed by atoms with Gasteiger partial charge in [-0.1, -0.05) is 5.16 Å². The van der Waals surface area contributed by atoms with Crippen molar-refractivity contribution < 1.29 is 22.5 Å². The molecule has 4 rings (SSSR count). The molecule has 3 aromatic rings. The van der Waals surface area contributed by atoms with Gasteiger partial charge < -0.3 is 9.42 Å². The second-order valence-corrected chi connectivity index (χ2v) is 7.32. The van der Waals surface area contributed by atoms with Crippen LogP contribution in [0.3, 0.4) is 0 Å². The van der Waals surface area contributed by atoms with E-state index in [0.29, 0.717) is 31.5 Å². The molecule has 0 radical (unpaired) electrons. The van der Waals surface area contributed by atoms with Crippen LogP contribution in [0.5, 0.6) is 0 Å². The highest BCUT2D eigenvalue weighted by molar-refractivity contribution is 5.95. The molecule has 0 saturated carbocycles. The number of piperidine rings is 1. The fraction of sp³-hybridized carbons (Fsp3) is 0.400. The minimum Gasteiger partial charge on any atom is -0.338 e. The van der Waals surface area contributed by atoms with E-state index < -0.39 is 11.7 Å². The first-order valence-corrected chi connectivity index (χ1v) is 9.29. The van der Waals surface area contributed by atoms with E-state index >= 15 is 0 Å². The molecule has 0 bridgehead atoms. The van der Waals surface area contributed by atoms with E-state index in [1.807, 2.05) is 0 Å². The first kappa shape index (κ1) is 19.4. The Morgan fingerprint density at radius 2 is 2.10 bits per heavy atom. The summed E-state index contributed by atoms with van der Waals surface area (Å²) in [5.74, 6) is -0.465. The standard InChI is InChI=1S/C20H19F3N4O2/c1-11-9-24-6-5-14(11)19(28)27-7-3-4-13(10-27)16-8-15(20(21,22)23)17-12(2)26-29-18(17)25-16/h5-6,8-9,13H,3-4,7,10H2,1-2H3. The molecule has 0 spiro atoms. The summed E-state index contributed by atoms with van der Waals surface area (Å²) >= 11 is 0. The van der Waals surface area contributed by atoms with Crippen molar-refractivity contribution in [1.82, 2.24) is 20.0 Å². The molecule has 0 aliphatic carbocycles. The number of amides is 1. The van der Waals surface area contributed by atoms with Crippen LogP contribution in [0.4, 0.5) is 13.2 Å². The summed E-state index contributed by atoms with van der Waals surface area (Å²) in [7, 11) is 0. The molecule has 3 aromatic heterocycles. The Balaban J connectivity index is 1.67. The molecule has 1 saturated heterocycles. The topological polar surface area (TPSA) is 72.1 Å². The van der Waals surface area contributed by atoms with E-state index in [9.17, 15) is 18.0 Å². The van der Waals surface area contributed by atoms with Gasteiger partial charge in [0.25, 0.3) is 11.6 Å².